The van der Waals surface area contributed by atoms with Crippen LogP contribution in [0.2, 0.25) is 0 Å². The summed E-state index contributed by atoms with van der Waals surface area (Å²) in [6.07, 6.45) is 0. The van der Waals surface area contributed by atoms with Crippen molar-refractivity contribution in [2.24, 2.45) is 0 Å². The Morgan fingerprint density at radius 3 is 2.68 bits per heavy atom. The summed E-state index contributed by atoms with van der Waals surface area (Å²) < 4.78 is 20.0. The van der Waals surface area contributed by atoms with Crippen LogP contribution < -0.4 is 10.5 Å². The largest absolute Gasteiger partial charge is 0.504 e. The Morgan fingerprint density at radius 1 is 1.23 bits per heavy atom. The van der Waals surface area contributed by atoms with E-state index in [9.17, 15) is 9.50 Å². The van der Waals surface area contributed by atoms with Crippen LogP contribution in [0.25, 0.3) is 22.2 Å². The Morgan fingerprint density at radius 2 is 2.00 bits per heavy atom. The number of hydrogen-bond acceptors (Lipinski definition) is 5. The lowest BCUT2D eigenvalue weighted by Crippen LogP contribution is -1.99. The third-order valence-electron chi connectivity index (χ3n) is 3.20. The van der Waals surface area contributed by atoms with E-state index in [0.29, 0.717) is 21.1 Å². The fraction of sp³-hybridized carbons (Fsp3) is 0.0667. The molecule has 0 aliphatic rings. The van der Waals surface area contributed by atoms with E-state index in [1.54, 1.807) is 18.2 Å². The van der Waals surface area contributed by atoms with Gasteiger partial charge < -0.3 is 15.6 Å². The fourth-order valence-corrected chi connectivity index (χ4v) is 2.55. The number of fused-ring (bicyclic) bond motifs is 1. The first-order chi connectivity index (χ1) is 10.5. The minimum Gasteiger partial charge on any atom is -0.504 e. The Labute approximate surface area is 133 Å². The average Bonchev–Trinajstić information content (AvgIpc) is 2.46. The lowest BCUT2D eigenvalue weighted by atomic mass is 10.1. The minimum atomic E-state index is -0.444. The molecule has 0 saturated carbocycles. The van der Waals surface area contributed by atoms with Crippen molar-refractivity contribution in [2.75, 3.05) is 12.8 Å². The number of rotatable bonds is 2. The van der Waals surface area contributed by atoms with Crippen molar-refractivity contribution in [3.8, 4) is 22.8 Å². The molecule has 1 aromatic heterocycles. The van der Waals surface area contributed by atoms with Gasteiger partial charge in [0.05, 0.1) is 18.3 Å². The first kappa shape index (κ1) is 14.5. The highest BCUT2D eigenvalue weighted by atomic mass is 79.9. The van der Waals surface area contributed by atoms with Gasteiger partial charge in [0.15, 0.2) is 11.5 Å². The van der Waals surface area contributed by atoms with Gasteiger partial charge >= 0.3 is 0 Å². The van der Waals surface area contributed by atoms with Crippen LogP contribution >= 0.6 is 15.9 Å². The number of nitrogen functional groups attached to an aromatic ring is 1. The molecule has 0 radical (unpaired) electrons. The summed E-state index contributed by atoms with van der Waals surface area (Å²) in [6, 6.07) is 7.62. The molecule has 0 aliphatic heterocycles. The molecule has 3 N–H and O–H groups in total. The number of phenolic OH excluding ortho intramolecular Hbond substituents is 1. The van der Waals surface area contributed by atoms with E-state index in [1.165, 1.54) is 19.2 Å². The highest BCUT2D eigenvalue weighted by Gasteiger charge is 2.15. The van der Waals surface area contributed by atoms with E-state index in [4.69, 9.17) is 10.5 Å². The molecular formula is C15H11BrFN3O2. The maximum absolute atomic E-state index is 14.2. The first-order valence-electron chi connectivity index (χ1n) is 6.29. The number of anilines is 1. The number of aromatic nitrogens is 2. The van der Waals surface area contributed by atoms with Gasteiger partial charge in [0.1, 0.15) is 5.82 Å². The third kappa shape index (κ3) is 2.43. The van der Waals surface area contributed by atoms with E-state index in [2.05, 4.69) is 25.9 Å². The van der Waals surface area contributed by atoms with Crippen molar-refractivity contribution >= 4 is 32.8 Å². The highest BCUT2D eigenvalue weighted by Crippen LogP contribution is 2.36. The van der Waals surface area contributed by atoms with Gasteiger partial charge in [-0.1, -0.05) is 15.9 Å². The Hall–Kier alpha value is -2.41. The molecule has 0 amide bonds. The van der Waals surface area contributed by atoms with Crippen LogP contribution in [0.1, 0.15) is 0 Å². The number of ether oxygens (including phenoxy) is 1. The molecule has 0 spiro atoms. The van der Waals surface area contributed by atoms with E-state index in [1.807, 2.05) is 0 Å². The summed E-state index contributed by atoms with van der Waals surface area (Å²) in [7, 11) is 1.43. The number of methoxy groups -OCH3 is 1. The average molecular weight is 364 g/mol. The van der Waals surface area contributed by atoms with Gasteiger partial charge in [-0.05, 0) is 24.3 Å². The Balaban J connectivity index is 2.37. The third-order valence-corrected chi connectivity index (χ3v) is 3.69. The molecule has 0 unspecified atom stereocenters. The molecule has 3 rings (SSSR count). The second-order valence-electron chi connectivity index (χ2n) is 4.60. The number of aromatic hydroxyl groups is 1. The zero-order valence-electron chi connectivity index (χ0n) is 11.5. The van der Waals surface area contributed by atoms with Crippen molar-refractivity contribution in [3.63, 3.8) is 0 Å². The van der Waals surface area contributed by atoms with Crippen LogP contribution in [-0.4, -0.2) is 22.2 Å². The Bertz CT molecular complexity index is 886. The smallest absolute Gasteiger partial charge is 0.221 e. The molecule has 2 aromatic carbocycles. The maximum Gasteiger partial charge on any atom is 0.221 e. The molecule has 112 valence electrons. The highest BCUT2D eigenvalue weighted by molar-refractivity contribution is 9.10. The molecule has 1 heterocycles. The number of hydrogen-bond donors (Lipinski definition) is 2. The van der Waals surface area contributed by atoms with Gasteiger partial charge in [-0.15, -0.1) is 0 Å². The number of nitrogens with two attached hydrogens (primary N) is 1. The molecule has 3 aromatic rings. The first-order valence-corrected chi connectivity index (χ1v) is 7.08. The molecule has 0 fully saturated rings. The second kappa shape index (κ2) is 5.42. The SMILES string of the molecule is COc1cc2c(-c3ccc(Br)cc3F)nc(N)nc2cc1O. The van der Waals surface area contributed by atoms with Crippen molar-refractivity contribution in [1.82, 2.24) is 9.97 Å². The molecule has 0 bridgehead atoms. The van der Waals surface area contributed by atoms with Gasteiger partial charge in [0.25, 0.3) is 0 Å². The van der Waals surface area contributed by atoms with Gasteiger partial charge in [-0.3, -0.25) is 0 Å². The predicted molar refractivity (Wildman–Crippen MR) is 85.3 cm³/mol. The minimum absolute atomic E-state index is 0.00520. The van der Waals surface area contributed by atoms with Crippen molar-refractivity contribution in [3.05, 3.63) is 40.6 Å². The van der Waals surface area contributed by atoms with Crippen LogP contribution in [0.5, 0.6) is 11.5 Å². The standard InChI is InChI=1S/C15H11BrFN3O2/c1-22-13-5-9-11(6-12(13)21)19-15(18)20-14(9)8-3-2-7(16)4-10(8)17/h2-6,21H,1H3,(H2,18,19,20). The Kier molecular flexibility index (Phi) is 3.58. The van der Waals surface area contributed by atoms with Gasteiger partial charge in [-0.25, -0.2) is 14.4 Å². The van der Waals surface area contributed by atoms with E-state index >= 15 is 0 Å². The number of nitrogens with zero attached hydrogens (tertiary/aromatic N) is 2. The summed E-state index contributed by atoms with van der Waals surface area (Å²) in [5.74, 6) is -0.273. The van der Waals surface area contributed by atoms with Crippen LogP contribution in [0.15, 0.2) is 34.8 Å². The summed E-state index contributed by atoms with van der Waals surface area (Å²) >= 11 is 3.21. The van der Waals surface area contributed by atoms with Gasteiger partial charge in [0.2, 0.25) is 5.95 Å². The van der Waals surface area contributed by atoms with Crippen molar-refractivity contribution in [1.29, 1.82) is 0 Å². The number of halogens is 2. The van der Waals surface area contributed by atoms with Crippen molar-refractivity contribution in [2.45, 2.75) is 0 Å². The van der Waals surface area contributed by atoms with Crippen LogP contribution in [0, 0.1) is 5.82 Å². The maximum atomic E-state index is 14.2. The predicted octanol–water partition coefficient (Wildman–Crippen LogP) is 3.49. The second-order valence-corrected chi connectivity index (χ2v) is 5.51. The van der Waals surface area contributed by atoms with Gasteiger partial charge in [0, 0.05) is 21.5 Å². The van der Waals surface area contributed by atoms with E-state index in [0.717, 1.165) is 0 Å². The molecule has 0 saturated heterocycles. The summed E-state index contributed by atoms with van der Waals surface area (Å²) in [4.78, 5) is 8.21. The summed E-state index contributed by atoms with van der Waals surface area (Å²) in [5.41, 5.74) is 6.73. The van der Waals surface area contributed by atoms with E-state index in [-0.39, 0.29) is 23.0 Å². The number of phenols is 1. The summed E-state index contributed by atoms with van der Waals surface area (Å²) in [6.45, 7) is 0. The molecule has 5 nitrogen and oxygen atoms in total. The normalized spacial score (nSPS) is 10.9. The molecule has 7 heteroatoms. The van der Waals surface area contributed by atoms with E-state index < -0.39 is 5.82 Å². The van der Waals surface area contributed by atoms with Crippen LogP contribution in [-0.2, 0) is 0 Å². The monoisotopic (exact) mass is 363 g/mol. The molecule has 0 atom stereocenters. The zero-order valence-corrected chi connectivity index (χ0v) is 13.1. The molecule has 0 aliphatic carbocycles. The van der Waals surface area contributed by atoms with Crippen LogP contribution in [0.3, 0.4) is 0 Å². The number of benzene rings is 2. The van der Waals surface area contributed by atoms with Gasteiger partial charge in [-0.2, -0.15) is 0 Å². The fourth-order valence-electron chi connectivity index (χ4n) is 2.21. The molecule has 22 heavy (non-hydrogen) atoms. The topological polar surface area (TPSA) is 81.3 Å². The zero-order chi connectivity index (χ0) is 15.9. The quantitative estimate of drug-likeness (QED) is 0.728. The molecular weight excluding hydrogens is 353 g/mol. The lowest BCUT2D eigenvalue weighted by molar-refractivity contribution is 0.374. The van der Waals surface area contributed by atoms with Crippen LogP contribution in [0.4, 0.5) is 10.3 Å². The lowest BCUT2D eigenvalue weighted by Gasteiger charge is -2.10. The van der Waals surface area contributed by atoms with Crippen molar-refractivity contribution < 1.29 is 14.2 Å². The summed E-state index contributed by atoms with van der Waals surface area (Å²) in [5, 5.41) is 10.4.